The van der Waals surface area contributed by atoms with Gasteiger partial charge >= 0.3 is 349 Å². The summed E-state index contributed by atoms with van der Waals surface area (Å²) in [6.07, 6.45) is 2.43. The van der Waals surface area contributed by atoms with Crippen molar-refractivity contribution in [1.82, 2.24) is 0 Å². The topological polar surface area (TPSA) is 3.24 Å². The molecule has 0 aliphatic rings. The van der Waals surface area contributed by atoms with Crippen molar-refractivity contribution in [1.29, 1.82) is 0 Å². The molecular weight excluding hydrogens is 751 g/mol. The second-order valence-corrected chi connectivity index (χ2v) is 25.7. The van der Waals surface area contributed by atoms with Crippen molar-refractivity contribution in [2.24, 2.45) is 0 Å². The van der Waals surface area contributed by atoms with Crippen LogP contribution >= 0.6 is 0 Å². The fourth-order valence-electron chi connectivity index (χ4n) is 9.58. The van der Waals surface area contributed by atoms with Gasteiger partial charge in [-0.3, -0.25) is 0 Å². The van der Waals surface area contributed by atoms with Gasteiger partial charge in [-0.2, -0.15) is 0 Å². The standard InChI is InChI=1S/C53H61GeNSi/c1-10-50(42-26-16-11-17-27-42)54-55(56(39(4)5,40(6)7)41(8)9)53-48(51(43-28-18-12-19-29-43)44-30-20-13-21-31-44)36-47(38(2)3)37-49(53)52(45-32-22-14-23-33-45)46-34-24-15-25-35-46/h10-41,51-52H,1-9H3/b50-10+. The van der Waals surface area contributed by atoms with Crippen LogP contribution in [0.15, 0.2) is 170 Å². The first-order valence-electron chi connectivity index (χ1n) is 20.8. The van der Waals surface area contributed by atoms with Crippen LogP contribution in [0.5, 0.6) is 0 Å². The Kier molecular flexibility index (Phi) is 13.8. The Morgan fingerprint density at radius 1 is 0.464 bits per heavy atom. The van der Waals surface area contributed by atoms with Crippen molar-refractivity contribution < 1.29 is 0 Å². The summed E-state index contributed by atoms with van der Waals surface area (Å²) in [6, 6.07) is 61.8. The molecule has 0 heterocycles. The molecule has 0 aromatic heterocycles. The minimum atomic E-state index is -2.36. The number of hydrogen-bond acceptors (Lipinski definition) is 1. The molecule has 0 saturated carbocycles. The Balaban J connectivity index is 1.86. The van der Waals surface area contributed by atoms with Crippen molar-refractivity contribution in [3.05, 3.63) is 214 Å². The van der Waals surface area contributed by atoms with Crippen LogP contribution in [-0.2, 0) is 0 Å². The average molecular weight is 813 g/mol. The SMILES string of the molecule is C/C=[C](/[Ge][N](c1c(C(c2ccccc2)c2ccccc2)cc(C(C)C)cc1C(c1ccccc1)c1ccccc1)[Si](C(C)C)(C(C)C)C(C)C)c1ccccc1. The van der Waals surface area contributed by atoms with E-state index in [0.29, 0.717) is 22.5 Å². The van der Waals surface area contributed by atoms with Crippen molar-refractivity contribution in [3.8, 4) is 0 Å². The molecule has 3 heteroatoms. The van der Waals surface area contributed by atoms with E-state index in [1.807, 2.05) is 0 Å². The summed E-state index contributed by atoms with van der Waals surface area (Å²) in [5.74, 6) is 0.452. The molecule has 2 radical (unpaired) electrons. The molecular formula is C53H61GeNSi. The fourth-order valence-corrected chi connectivity index (χ4v) is 24.9. The number of hydrogen-bond donors (Lipinski definition) is 0. The Labute approximate surface area is 346 Å². The molecule has 6 aromatic carbocycles. The first-order chi connectivity index (χ1) is 27.1. The number of benzene rings is 6. The number of nitrogens with zero attached hydrogens (tertiary/aromatic N) is 1. The molecule has 6 aromatic rings. The number of anilines is 1. The van der Waals surface area contributed by atoms with Crippen LogP contribution in [0.3, 0.4) is 0 Å². The van der Waals surface area contributed by atoms with E-state index >= 15 is 0 Å². The molecule has 56 heavy (non-hydrogen) atoms. The molecule has 0 amide bonds. The van der Waals surface area contributed by atoms with Crippen molar-refractivity contribution in [2.45, 2.75) is 96.7 Å². The Bertz CT molecular complexity index is 1940. The monoisotopic (exact) mass is 813 g/mol. The summed E-state index contributed by atoms with van der Waals surface area (Å²) in [5.41, 5.74) is 14.0. The second kappa shape index (κ2) is 18.7. The van der Waals surface area contributed by atoms with Gasteiger partial charge in [0.2, 0.25) is 0 Å². The summed E-state index contributed by atoms with van der Waals surface area (Å²) < 4.78 is 4.68. The average Bonchev–Trinajstić information content (AvgIpc) is 3.21. The molecule has 0 unspecified atom stereocenters. The van der Waals surface area contributed by atoms with Gasteiger partial charge < -0.3 is 0 Å². The van der Waals surface area contributed by atoms with Gasteiger partial charge in [-0.05, 0) is 0 Å². The Morgan fingerprint density at radius 3 is 1.07 bits per heavy atom. The van der Waals surface area contributed by atoms with Gasteiger partial charge in [0.05, 0.1) is 0 Å². The first-order valence-corrected chi connectivity index (χ1v) is 24.9. The van der Waals surface area contributed by atoms with Gasteiger partial charge in [0.25, 0.3) is 0 Å². The van der Waals surface area contributed by atoms with Gasteiger partial charge in [-0.25, -0.2) is 0 Å². The maximum atomic E-state index is 3.18. The maximum absolute atomic E-state index is 3.18. The summed E-state index contributed by atoms with van der Waals surface area (Å²) in [6.45, 7) is 22.3. The quantitative estimate of drug-likeness (QED) is 0.0737. The molecule has 0 saturated heterocycles. The van der Waals surface area contributed by atoms with Gasteiger partial charge in [0.1, 0.15) is 0 Å². The van der Waals surface area contributed by atoms with E-state index in [0.717, 1.165) is 0 Å². The van der Waals surface area contributed by atoms with E-state index in [9.17, 15) is 0 Å². The third-order valence-electron chi connectivity index (χ3n) is 12.0. The summed E-state index contributed by atoms with van der Waals surface area (Å²) in [5, 5.41) is 0. The Hall–Kier alpha value is -4.38. The third-order valence-corrected chi connectivity index (χ3v) is 24.2. The van der Waals surface area contributed by atoms with Gasteiger partial charge in [0.15, 0.2) is 0 Å². The van der Waals surface area contributed by atoms with Crippen molar-refractivity contribution in [3.63, 3.8) is 0 Å². The molecule has 0 aliphatic heterocycles. The zero-order valence-corrected chi connectivity index (χ0v) is 38.2. The van der Waals surface area contributed by atoms with Crippen LogP contribution in [0.1, 0.15) is 125 Å². The molecule has 1 nitrogen and oxygen atoms in total. The summed E-state index contributed by atoms with van der Waals surface area (Å²) >= 11 is -0.898. The van der Waals surface area contributed by atoms with E-state index in [1.165, 1.54) is 54.6 Å². The molecule has 0 aliphatic carbocycles. The van der Waals surface area contributed by atoms with Crippen LogP contribution in [0, 0.1) is 0 Å². The molecule has 286 valence electrons. The zero-order valence-electron chi connectivity index (χ0n) is 35.1. The van der Waals surface area contributed by atoms with Crippen LogP contribution in [0.4, 0.5) is 5.69 Å². The zero-order chi connectivity index (χ0) is 39.8. The van der Waals surface area contributed by atoms with E-state index in [-0.39, 0.29) is 11.8 Å². The fraction of sp³-hybridized carbons (Fsp3) is 0.283. The van der Waals surface area contributed by atoms with E-state index in [4.69, 9.17) is 0 Å². The molecule has 6 rings (SSSR count). The van der Waals surface area contributed by atoms with E-state index in [2.05, 4.69) is 236 Å². The Morgan fingerprint density at radius 2 is 0.786 bits per heavy atom. The number of allylic oxidation sites excluding steroid dienone is 1. The summed E-state index contributed by atoms with van der Waals surface area (Å²) in [7, 11) is -2.36. The van der Waals surface area contributed by atoms with Crippen LogP contribution in [-0.4, -0.2) is 23.9 Å². The van der Waals surface area contributed by atoms with E-state index in [1.54, 1.807) is 0 Å². The third kappa shape index (κ3) is 8.48. The minimum absolute atomic E-state index is 0.0510. The summed E-state index contributed by atoms with van der Waals surface area (Å²) in [4.78, 5) is 0. The van der Waals surface area contributed by atoms with Crippen LogP contribution in [0.2, 0.25) is 16.6 Å². The van der Waals surface area contributed by atoms with Crippen molar-refractivity contribution in [2.75, 3.05) is 3.52 Å². The normalized spacial score (nSPS) is 12.4. The molecule has 0 bridgehead atoms. The number of rotatable bonds is 15. The molecule has 0 fully saturated rings. The molecule has 0 N–H and O–H groups in total. The van der Waals surface area contributed by atoms with Crippen LogP contribution < -0.4 is 3.52 Å². The van der Waals surface area contributed by atoms with Gasteiger partial charge in [-0.15, -0.1) is 0 Å². The van der Waals surface area contributed by atoms with Gasteiger partial charge in [-0.1, -0.05) is 0 Å². The predicted molar refractivity (Wildman–Crippen MR) is 248 cm³/mol. The second-order valence-electron chi connectivity index (χ2n) is 16.6. The predicted octanol–water partition coefficient (Wildman–Crippen LogP) is 14.8. The van der Waals surface area contributed by atoms with Gasteiger partial charge in [0, 0.05) is 0 Å². The van der Waals surface area contributed by atoms with Crippen LogP contribution in [0.25, 0.3) is 4.41 Å². The molecule has 0 atom stereocenters. The molecule has 0 spiro atoms. The first kappa shape index (κ1) is 41.3. The van der Waals surface area contributed by atoms with E-state index < -0.39 is 23.9 Å². The van der Waals surface area contributed by atoms with Crippen molar-refractivity contribution >= 4 is 34.0 Å².